The van der Waals surface area contributed by atoms with Crippen molar-refractivity contribution >= 4 is 38.3 Å². The third kappa shape index (κ3) is 11.7. The van der Waals surface area contributed by atoms with Crippen molar-refractivity contribution in [3.63, 3.8) is 0 Å². The number of ether oxygens (including phenoxy) is 10. The minimum atomic E-state index is -5.46. The van der Waals surface area contributed by atoms with Crippen LogP contribution in [-0.2, 0) is 90.9 Å². The van der Waals surface area contributed by atoms with Crippen LogP contribution in [0.25, 0.3) is 0 Å². The largest absolute Gasteiger partial charge is 0.458 e. The molecule has 4 aliphatic carbocycles. The SMILES string of the molecule is CO[C@@H]1[C@@H](O)[C@H](O[C@@H]2[C@@H](OS(=O)(=O)O)[C@H](O[C@H]3[C@H](O)[C@@H](O)[C@H](O[C@H]4[C@H](O[C@H]5CC[C@]6(C)[C@H]7CC[C@]89C(=O)O[C@@](C)(CC(=O)CC(C)C)[C@H]8C(=O)C[C@@]9(C)C7=CC[C@H]6C5(C)C)OC[C@@H](OS(=O)(=O)O)[C@@H]4O)O[C@@H]3C)OC[C@H]2O)O[C@H](CO)[C@H]1O. The van der Waals surface area contributed by atoms with Gasteiger partial charge in [-0.25, -0.2) is 8.37 Å². The van der Waals surface area contributed by atoms with E-state index in [0.717, 1.165) is 12.7 Å². The Hall–Kier alpha value is -2.35. The zero-order valence-electron chi connectivity index (χ0n) is 47.7. The van der Waals surface area contributed by atoms with Crippen molar-refractivity contribution < 1.29 is 132 Å². The van der Waals surface area contributed by atoms with Crippen LogP contribution in [0.1, 0.15) is 107 Å². The smallest absolute Gasteiger partial charge is 0.397 e. The summed E-state index contributed by atoms with van der Waals surface area (Å²) in [6, 6.07) is 0. The summed E-state index contributed by atoms with van der Waals surface area (Å²) in [6.45, 7) is 13.0. The van der Waals surface area contributed by atoms with E-state index in [1.54, 1.807) is 6.92 Å². The summed E-state index contributed by atoms with van der Waals surface area (Å²) in [6.07, 6.45) is -27.9. The van der Waals surface area contributed by atoms with Crippen LogP contribution in [0, 0.1) is 45.3 Å². The number of aliphatic hydroxyl groups is 7. The summed E-state index contributed by atoms with van der Waals surface area (Å²) in [5.74, 6) is -1.42. The van der Waals surface area contributed by atoms with Crippen LogP contribution in [0.2, 0.25) is 0 Å². The van der Waals surface area contributed by atoms with Gasteiger partial charge in [-0.2, -0.15) is 16.8 Å². The van der Waals surface area contributed by atoms with Crippen LogP contribution in [0.5, 0.6) is 0 Å². The maximum atomic E-state index is 14.4. The van der Waals surface area contributed by atoms with Gasteiger partial charge in [0.25, 0.3) is 0 Å². The Kier molecular flexibility index (Phi) is 18.5. The molecule has 28 nitrogen and oxygen atoms in total. The van der Waals surface area contributed by atoms with E-state index in [1.165, 1.54) is 6.92 Å². The Morgan fingerprint density at radius 2 is 1.36 bits per heavy atom. The number of hydrogen-bond donors (Lipinski definition) is 9. The van der Waals surface area contributed by atoms with Gasteiger partial charge in [-0.15, -0.1) is 0 Å². The van der Waals surface area contributed by atoms with Crippen LogP contribution < -0.4 is 0 Å². The van der Waals surface area contributed by atoms with Crippen LogP contribution in [0.4, 0.5) is 0 Å². The van der Waals surface area contributed by atoms with Gasteiger partial charge in [-0.05, 0) is 74.5 Å². The van der Waals surface area contributed by atoms with E-state index >= 15 is 0 Å². The van der Waals surface area contributed by atoms with E-state index in [0.29, 0.717) is 38.5 Å². The van der Waals surface area contributed by atoms with Gasteiger partial charge in [0.05, 0.1) is 43.4 Å². The van der Waals surface area contributed by atoms with Gasteiger partial charge < -0.3 is 83.1 Å². The van der Waals surface area contributed by atoms with Crippen molar-refractivity contribution in [2.45, 2.75) is 229 Å². The van der Waals surface area contributed by atoms with Crippen molar-refractivity contribution in [1.82, 2.24) is 0 Å². The Morgan fingerprint density at radius 3 is 2.00 bits per heavy atom. The number of cyclic esters (lactones) is 1. The van der Waals surface area contributed by atoms with Crippen LogP contribution in [-0.4, -0.2) is 228 Å². The number of rotatable bonds is 18. The molecule has 26 atom stereocenters. The lowest BCUT2D eigenvalue weighted by Gasteiger charge is -2.63. The molecular formula is C53H82O28S2. The second kappa shape index (κ2) is 23.5. The van der Waals surface area contributed by atoms with Crippen molar-refractivity contribution in [3.05, 3.63) is 11.6 Å². The van der Waals surface area contributed by atoms with E-state index < -0.39 is 196 Å². The number of allylic oxidation sites excluding steroid dienone is 2. The molecule has 30 heteroatoms. The summed E-state index contributed by atoms with van der Waals surface area (Å²) in [5, 5.41) is 77.5. The molecule has 0 unspecified atom stereocenters. The molecule has 474 valence electrons. The van der Waals surface area contributed by atoms with Gasteiger partial charge in [0.1, 0.15) is 90.4 Å². The van der Waals surface area contributed by atoms with E-state index in [2.05, 4.69) is 13.0 Å². The molecule has 0 aromatic rings. The molecule has 83 heavy (non-hydrogen) atoms. The lowest BCUT2D eigenvalue weighted by molar-refractivity contribution is -0.380. The number of carbonyl (C=O) groups is 3. The zero-order valence-corrected chi connectivity index (χ0v) is 49.4. The van der Waals surface area contributed by atoms with E-state index in [1.807, 2.05) is 34.6 Å². The average Bonchev–Trinajstić information content (AvgIpc) is 1.58. The van der Waals surface area contributed by atoms with Gasteiger partial charge >= 0.3 is 26.8 Å². The average molecular weight is 1230 g/mol. The van der Waals surface area contributed by atoms with Gasteiger partial charge in [-0.3, -0.25) is 23.5 Å². The molecule has 3 saturated carbocycles. The number of esters is 1. The molecule has 5 heterocycles. The number of carbonyl (C=O) groups excluding carboxylic acids is 3. The molecule has 0 amide bonds. The van der Waals surface area contributed by atoms with E-state index in [4.69, 9.17) is 55.7 Å². The molecule has 1 spiro atoms. The molecule has 9 rings (SSSR count). The standard InChI is InChI=1S/C53H82O28S2/c1-22(2)16-24(55)17-52(8)43-27(56)18-51(7)26-10-11-31-49(4,5)32(13-14-50(31,6)25(26)12-15-53(43,51)48(63)79-52)75-46-41(34(59)30(21-72-46)80-82(64,65)66)78-44-36(61)35(60)38(23(3)73-44)76-47-42(81-83(67,68)69)39(28(57)20-71-47)77-45-37(62)40(70-9)33(58)29(19-54)74-45/h10,22-23,25,28-47,54,57-62H,11-21H2,1-9H3,(H,64,65,66)(H,67,68,69)/t23-,25+,28-,29-,30-,31+,32+,33-,34+,35-,36-,37-,38-,39+,40+,41-,42-,43-,44+,45+,46+,47+,50-,51+,52+,53-/m1/s1. The first-order chi connectivity index (χ1) is 38.5. The number of methoxy groups -OCH3 is 1. The first-order valence-electron chi connectivity index (χ1n) is 28.2. The van der Waals surface area contributed by atoms with Crippen LogP contribution in [0.15, 0.2) is 11.6 Å². The first kappa shape index (κ1) is 65.1. The Morgan fingerprint density at radius 1 is 0.735 bits per heavy atom. The number of Topliss-reactive ketones (excluding diaryl/α,β-unsaturated/α-hetero) is 2. The summed E-state index contributed by atoms with van der Waals surface area (Å²) < 4.78 is 137. The number of ketones is 2. The highest BCUT2D eigenvalue weighted by atomic mass is 32.3. The number of fused-ring (bicyclic) bond motifs is 4. The third-order valence-corrected chi connectivity index (χ3v) is 20.8. The summed E-state index contributed by atoms with van der Waals surface area (Å²) >= 11 is 0. The molecule has 0 aromatic carbocycles. The van der Waals surface area contributed by atoms with E-state index in [9.17, 15) is 76.1 Å². The normalized spacial score (nSPS) is 48.2. The Bertz CT molecular complexity index is 2670. The van der Waals surface area contributed by atoms with Crippen LogP contribution in [0.3, 0.4) is 0 Å². The third-order valence-electron chi connectivity index (χ3n) is 19.8. The molecule has 9 aliphatic rings. The maximum Gasteiger partial charge on any atom is 0.397 e. The van der Waals surface area contributed by atoms with Crippen molar-refractivity contribution in [3.8, 4) is 0 Å². The fourth-order valence-corrected chi connectivity index (χ4v) is 17.1. The van der Waals surface area contributed by atoms with Crippen LogP contribution >= 0.6 is 0 Å². The van der Waals surface area contributed by atoms with Crippen molar-refractivity contribution in [2.75, 3.05) is 26.9 Å². The molecular weight excluding hydrogens is 1150 g/mol. The second-order valence-electron chi connectivity index (χ2n) is 25.8. The molecule has 0 bridgehead atoms. The minimum Gasteiger partial charge on any atom is -0.458 e. The minimum absolute atomic E-state index is 0.0394. The monoisotopic (exact) mass is 1230 g/mol. The van der Waals surface area contributed by atoms with Gasteiger partial charge in [0.2, 0.25) is 0 Å². The van der Waals surface area contributed by atoms with Gasteiger partial charge in [0.15, 0.2) is 31.3 Å². The first-order valence-corrected chi connectivity index (χ1v) is 31.0. The molecule has 5 aliphatic heterocycles. The Balaban J connectivity index is 0.918. The van der Waals surface area contributed by atoms with E-state index in [-0.39, 0.29) is 42.2 Å². The topological polar surface area (TPSA) is 412 Å². The predicted molar refractivity (Wildman–Crippen MR) is 276 cm³/mol. The zero-order chi connectivity index (χ0) is 61.1. The fourth-order valence-electron chi connectivity index (χ4n) is 16.1. The molecule has 8 fully saturated rings. The van der Waals surface area contributed by atoms with Crippen molar-refractivity contribution in [1.29, 1.82) is 0 Å². The highest BCUT2D eigenvalue weighted by Crippen LogP contribution is 2.75. The number of hydrogen-bond acceptors (Lipinski definition) is 26. The Labute approximate surface area is 481 Å². The molecule has 9 N–H and O–H groups in total. The summed E-state index contributed by atoms with van der Waals surface area (Å²) in [4.78, 5) is 42.0. The molecule has 5 saturated heterocycles. The molecule has 0 aromatic heterocycles. The lowest BCUT2D eigenvalue weighted by Crippen LogP contribution is -2.66. The summed E-state index contributed by atoms with van der Waals surface area (Å²) in [7, 11) is -9.55. The highest BCUT2D eigenvalue weighted by molar-refractivity contribution is 7.81. The summed E-state index contributed by atoms with van der Waals surface area (Å²) in [5.41, 5.74) is -3.33. The molecule has 0 radical (unpaired) electrons. The maximum absolute atomic E-state index is 14.4. The quantitative estimate of drug-likeness (QED) is 0.0467. The second-order valence-corrected chi connectivity index (χ2v) is 27.9. The number of aliphatic hydroxyl groups excluding tert-OH is 7. The van der Waals surface area contributed by atoms with Crippen molar-refractivity contribution in [2.24, 2.45) is 45.3 Å². The van der Waals surface area contributed by atoms with Gasteiger partial charge in [0, 0.05) is 31.8 Å². The van der Waals surface area contributed by atoms with Gasteiger partial charge in [-0.1, -0.05) is 53.2 Å². The highest BCUT2D eigenvalue weighted by Gasteiger charge is 2.79. The lowest BCUT2D eigenvalue weighted by atomic mass is 9.41. The fraction of sp³-hybridized carbons (Fsp3) is 0.906. The predicted octanol–water partition coefficient (Wildman–Crippen LogP) is -0.657.